The molecule has 0 aliphatic rings. The minimum absolute atomic E-state index is 0.0342. The molecule has 138 valence electrons. The number of ether oxygens (including phenoxy) is 1. The van der Waals surface area contributed by atoms with Gasteiger partial charge in [-0.3, -0.25) is 4.99 Å². The molecule has 0 saturated heterocycles. The fourth-order valence-electron chi connectivity index (χ4n) is 2.26. The molecule has 0 aliphatic heterocycles. The Morgan fingerprint density at radius 3 is 2.41 bits per heavy atom. The van der Waals surface area contributed by atoms with Crippen LogP contribution in [0, 0.1) is 0 Å². The van der Waals surface area contributed by atoms with E-state index in [0.29, 0.717) is 10.8 Å². The second-order valence-electron chi connectivity index (χ2n) is 5.56. The van der Waals surface area contributed by atoms with Gasteiger partial charge in [-0.25, -0.2) is 0 Å². The molecule has 0 amide bonds. The summed E-state index contributed by atoms with van der Waals surface area (Å²) >= 11 is 5.88. The van der Waals surface area contributed by atoms with Crippen molar-refractivity contribution in [3.05, 3.63) is 82.9 Å². The topological polar surface area (TPSA) is 41.8 Å². The summed E-state index contributed by atoms with van der Waals surface area (Å²) in [5.74, 6) is 0.506. The van der Waals surface area contributed by atoms with Gasteiger partial charge in [0.1, 0.15) is 17.2 Å². The average Bonchev–Trinajstić information content (AvgIpc) is 2.63. The summed E-state index contributed by atoms with van der Waals surface area (Å²) < 4.78 is 44.8. The number of aromatic hydroxyl groups is 1. The predicted octanol–water partition coefficient (Wildman–Crippen LogP) is 6.61. The smallest absolute Gasteiger partial charge is 0.416 e. The van der Waals surface area contributed by atoms with Crippen LogP contribution in [0.15, 0.2) is 71.7 Å². The van der Waals surface area contributed by atoms with E-state index in [2.05, 4.69) is 4.99 Å². The SMILES string of the molecule is Oc1ccc(Cl)cc1C=Nc1cc(C(F)(F)F)ccc1Oc1ccccc1. The third-order valence-electron chi connectivity index (χ3n) is 3.59. The molecule has 7 heteroatoms. The number of hydrogen-bond donors (Lipinski definition) is 1. The molecule has 0 radical (unpaired) electrons. The third-order valence-corrected chi connectivity index (χ3v) is 3.82. The van der Waals surface area contributed by atoms with E-state index in [-0.39, 0.29) is 22.7 Å². The lowest BCUT2D eigenvalue weighted by Gasteiger charge is -2.12. The Bertz CT molecular complexity index is 973. The quantitative estimate of drug-likeness (QED) is 0.508. The molecule has 0 saturated carbocycles. The van der Waals surface area contributed by atoms with Gasteiger partial charge in [0.25, 0.3) is 0 Å². The first-order valence-corrected chi connectivity index (χ1v) is 8.17. The first-order valence-electron chi connectivity index (χ1n) is 7.80. The normalized spacial score (nSPS) is 11.7. The summed E-state index contributed by atoms with van der Waals surface area (Å²) in [6.45, 7) is 0. The van der Waals surface area contributed by atoms with Crippen LogP contribution in [-0.2, 0) is 6.18 Å². The lowest BCUT2D eigenvalue weighted by molar-refractivity contribution is -0.137. The Hall–Kier alpha value is -2.99. The lowest BCUT2D eigenvalue weighted by atomic mass is 10.1. The lowest BCUT2D eigenvalue weighted by Crippen LogP contribution is -2.04. The number of hydrogen-bond acceptors (Lipinski definition) is 3. The number of rotatable bonds is 4. The maximum atomic E-state index is 13.1. The summed E-state index contributed by atoms with van der Waals surface area (Å²) in [4.78, 5) is 4.08. The van der Waals surface area contributed by atoms with E-state index in [1.54, 1.807) is 30.3 Å². The first-order chi connectivity index (χ1) is 12.8. The average molecular weight is 392 g/mol. The van der Waals surface area contributed by atoms with Crippen molar-refractivity contribution in [1.29, 1.82) is 0 Å². The van der Waals surface area contributed by atoms with Gasteiger partial charge in [0, 0.05) is 16.8 Å². The van der Waals surface area contributed by atoms with Crippen LogP contribution in [0.5, 0.6) is 17.2 Å². The zero-order valence-electron chi connectivity index (χ0n) is 13.7. The molecule has 3 nitrogen and oxygen atoms in total. The Balaban J connectivity index is 2.01. The van der Waals surface area contributed by atoms with Gasteiger partial charge in [0.2, 0.25) is 0 Å². The fourth-order valence-corrected chi connectivity index (χ4v) is 2.44. The molecule has 0 aromatic heterocycles. The molecule has 0 atom stereocenters. The van der Waals surface area contributed by atoms with Crippen LogP contribution in [0.2, 0.25) is 5.02 Å². The Labute approximate surface area is 158 Å². The van der Waals surface area contributed by atoms with Crippen LogP contribution < -0.4 is 4.74 Å². The van der Waals surface area contributed by atoms with Gasteiger partial charge in [-0.1, -0.05) is 29.8 Å². The molecule has 1 N–H and O–H groups in total. The number of phenols is 1. The van der Waals surface area contributed by atoms with E-state index in [1.807, 2.05) is 0 Å². The second kappa shape index (κ2) is 7.72. The zero-order valence-corrected chi connectivity index (χ0v) is 14.5. The Kier molecular flexibility index (Phi) is 5.37. The Morgan fingerprint density at radius 1 is 0.963 bits per heavy atom. The third kappa shape index (κ3) is 4.80. The molecule has 3 aromatic carbocycles. The molecule has 0 spiro atoms. The second-order valence-corrected chi connectivity index (χ2v) is 5.99. The van der Waals surface area contributed by atoms with Gasteiger partial charge in [-0.2, -0.15) is 13.2 Å². The van der Waals surface area contributed by atoms with Crippen molar-refractivity contribution in [1.82, 2.24) is 0 Å². The van der Waals surface area contributed by atoms with E-state index in [4.69, 9.17) is 16.3 Å². The number of para-hydroxylation sites is 1. The number of nitrogens with zero attached hydrogens (tertiary/aromatic N) is 1. The molecule has 0 heterocycles. The predicted molar refractivity (Wildman–Crippen MR) is 98.3 cm³/mol. The standard InChI is InChI=1S/C20H13ClF3NO2/c21-15-7-8-18(26)13(10-15)12-25-17-11-14(20(22,23)24)6-9-19(17)27-16-4-2-1-3-5-16/h1-12,26H. The van der Waals surface area contributed by atoms with Crippen molar-refractivity contribution in [3.63, 3.8) is 0 Å². The minimum Gasteiger partial charge on any atom is -0.507 e. The van der Waals surface area contributed by atoms with E-state index >= 15 is 0 Å². The molecule has 3 rings (SSSR count). The van der Waals surface area contributed by atoms with Crippen molar-refractivity contribution < 1.29 is 23.0 Å². The highest BCUT2D eigenvalue weighted by molar-refractivity contribution is 6.30. The molecule has 0 bridgehead atoms. The summed E-state index contributed by atoms with van der Waals surface area (Å²) in [7, 11) is 0. The molecule has 0 aliphatic carbocycles. The largest absolute Gasteiger partial charge is 0.507 e. The highest BCUT2D eigenvalue weighted by Crippen LogP contribution is 2.38. The first kappa shape index (κ1) is 18.8. The number of phenolic OH excluding ortho intramolecular Hbond substituents is 1. The van der Waals surface area contributed by atoms with Crippen molar-refractivity contribution in [2.75, 3.05) is 0 Å². The molecular weight excluding hydrogens is 379 g/mol. The zero-order chi connectivity index (χ0) is 19.4. The monoisotopic (exact) mass is 391 g/mol. The van der Waals surface area contributed by atoms with Crippen LogP contribution >= 0.6 is 11.6 Å². The van der Waals surface area contributed by atoms with Gasteiger partial charge < -0.3 is 9.84 Å². The van der Waals surface area contributed by atoms with E-state index in [9.17, 15) is 18.3 Å². The van der Waals surface area contributed by atoms with Gasteiger partial charge in [-0.15, -0.1) is 0 Å². The molecule has 0 fully saturated rings. The summed E-state index contributed by atoms with van der Waals surface area (Å²) in [5.41, 5.74) is -0.621. The van der Waals surface area contributed by atoms with Crippen LogP contribution in [0.1, 0.15) is 11.1 Å². The fraction of sp³-hybridized carbons (Fsp3) is 0.0500. The number of benzene rings is 3. The van der Waals surface area contributed by atoms with E-state index < -0.39 is 11.7 Å². The molecule has 27 heavy (non-hydrogen) atoms. The van der Waals surface area contributed by atoms with Gasteiger partial charge in [0.05, 0.1) is 5.56 Å². The van der Waals surface area contributed by atoms with Crippen molar-refractivity contribution in [2.24, 2.45) is 4.99 Å². The molecular formula is C20H13ClF3NO2. The summed E-state index contributed by atoms with van der Waals surface area (Å²) in [6.07, 6.45) is -3.29. The summed E-state index contributed by atoms with van der Waals surface area (Å²) in [6, 6.07) is 16.0. The van der Waals surface area contributed by atoms with Crippen LogP contribution in [-0.4, -0.2) is 11.3 Å². The molecule has 0 unspecified atom stereocenters. The Morgan fingerprint density at radius 2 is 1.70 bits per heavy atom. The minimum atomic E-state index is -4.52. The van der Waals surface area contributed by atoms with Crippen molar-refractivity contribution in [3.8, 4) is 17.2 Å². The maximum absolute atomic E-state index is 13.1. The van der Waals surface area contributed by atoms with Gasteiger partial charge in [-0.05, 0) is 48.5 Å². The molecule has 3 aromatic rings. The number of alkyl halides is 3. The van der Waals surface area contributed by atoms with E-state index in [1.165, 1.54) is 30.5 Å². The van der Waals surface area contributed by atoms with Crippen LogP contribution in [0.25, 0.3) is 0 Å². The van der Waals surface area contributed by atoms with Crippen molar-refractivity contribution >= 4 is 23.5 Å². The van der Waals surface area contributed by atoms with Gasteiger partial charge >= 0.3 is 6.18 Å². The van der Waals surface area contributed by atoms with Gasteiger partial charge in [0.15, 0.2) is 5.75 Å². The van der Waals surface area contributed by atoms with E-state index in [0.717, 1.165) is 12.1 Å². The summed E-state index contributed by atoms with van der Waals surface area (Å²) in [5, 5.41) is 10.2. The highest BCUT2D eigenvalue weighted by atomic mass is 35.5. The highest BCUT2D eigenvalue weighted by Gasteiger charge is 2.31. The number of aliphatic imine (C=N–C) groups is 1. The maximum Gasteiger partial charge on any atom is 0.416 e. The number of halogens is 4. The van der Waals surface area contributed by atoms with Crippen LogP contribution in [0.3, 0.4) is 0 Å². The van der Waals surface area contributed by atoms with Crippen molar-refractivity contribution in [2.45, 2.75) is 6.18 Å². The van der Waals surface area contributed by atoms with Crippen LogP contribution in [0.4, 0.5) is 18.9 Å².